The van der Waals surface area contributed by atoms with Gasteiger partial charge in [0.05, 0.1) is 11.6 Å². The van der Waals surface area contributed by atoms with Gasteiger partial charge in [0, 0.05) is 6.04 Å². The van der Waals surface area contributed by atoms with E-state index in [0.29, 0.717) is 12.0 Å². The average molecular weight is 347 g/mol. The Morgan fingerprint density at radius 1 is 1.08 bits per heavy atom. The first-order chi connectivity index (χ1) is 12.9. The van der Waals surface area contributed by atoms with Crippen molar-refractivity contribution in [3.63, 3.8) is 0 Å². The van der Waals surface area contributed by atoms with Gasteiger partial charge in [-0.3, -0.25) is 5.10 Å². The fourth-order valence-electron chi connectivity index (χ4n) is 3.71. The SMILES string of the molecule is C(=C[C@H]1CC[C@H](Nc2ncnc3[nH]ncc23)CC1)CCc1ccccc1. The summed E-state index contributed by atoms with van der Waals surface area (Å²) in [6.07, 6.45) is 15.3. The van der Waals surface area contributed by atoms with Crippen LogP contribution in [0.3, 0.4) is 0 Å². The zero-order valence-electron chi connectivity index (χ0n) is 14.9. The summed E-state index contributed by atoms with van der Waals surface area (Å²) in [6, 6.07) is 11.2. The molecule has 2 heterocycles. The number of allylic oxidation sites excluding steroid dienone is 2. The van der Waals surface area contributed by atoms with E-state index in [1.807, 2.05) is 0 Å². The highest BCUT2D eigenvalue weighted by molar-refractivity contribution is 5.85. The number of benzene rings is 1. The summed E-state index contributed by atoms with van der Waals surface area (Å²) < 4.78 is 0. The average Bonchev–Trinajstić information content (AvgIpc) is 3.17. The van der Waals surface area contributed by atoms with Crippen LogP contribution in [-0.2, 0) is 6.42 Å². The molecule has 0 saturated heterocycles. The van der Waals surface area contributed by atoms with Gasteiger partial charge in [-0.05, 0) is 50.0 Å². The van der Waals surface area contributed by atoms with Crippen LogP contribution in [0.5, 0.6) is 0 Å². The monoisotopic (exact) mass is 347 g/mol. The maximum Gasteiger partial charge on any atom is 0.160 e. The molecule has 1 fully saturated rings. The van der Waals surface area contributed by atoms with Crippen LogP contribution in [-0.4, -0.2) is 26.2 Å². The lowest BCUT2D eigenvalue weighted by Gasteiger charge is -2.28. The summed E-state index contributed by atoms with van der Waals surface area (Å²) in [5, 5.41) is 11.5. The third kappa shape index (κ3) is 4.10. The van der Waals surface area contributed by atoms with Crippen LogP contribution < -0.4 is 5.32 Å². The molecule has 2 N–H and O–H groups in total. The van der Waals surface area contributed by atoms with E-state index in [9.17, 15) is 0 Å². The molecule has 0 radical (unpaired) electrons. The minimum atomic E-state index is 0.483. The molecule has 0 spiro atoms. The molecule has 2 aromatic heterocycles. The Kier molecular flexibility index (Phi) is 5.24. The molecule has 1 aromatic carbocycles. The van der Waals surface area contributed by atoms with Crippen molar-refractivity contribution in [3.8, 4) is 0 Å². The molecule has 1 saturated carbocycles. The van der Waals surface area contributed by atoms with Crippen molar-refractivity contribution in [1.29, 1.82) is 0 Å². The molecule has 0 amide bonds. The highest BCUT2D eigenvalue weighted by atomic mass is 15.2. The van der Waals surface area contributed by atoms with E-state index in [1.54, 1.807) is 12.5 Å². The molecule has 5 nitrogen and oxygen atoms in total. The molecule has 0 atom stereocenters. The largest absolute Gasteiger partial charge is 0.367 e. The minimum Gasteiger partial charge on any atom is -0.367 e. The third-order valence-electron chi connectivity index (χ3n) is 5.21. The van der Waals surface area contributed by atoms with Gasteiger partial charge in [-0.1, -0.05) is 42.5 Å². The first-order valence-electron chi connectivity index (χ1n) is 9.49. The van der Waals surface area contributed by atoms with Gasteiger partial charge >= 0.3 is 0 Å². The number of nitrogens with zero attached hydrogens (tertiary/aromatic N) is 3. The van der Waals surface area contributed by atoms with E-state index in [4.69, 9.17) is 0 Å². The Labute approximate surface area is 154 Å². The summed E-state index contributed by atoms with van der Waals surface area (Å²) in [7, 11) is 0. The number of aromatic amines is 1. The lowest BCUT2D eigenvalue weighted by atomic mass is 9.85. The highest BCUT2D eigenvalue weighted by Gasteiger charge is 2.20. The zero-order valence-corrected chi connectivity index (χ0v) is 14.9. The molecule has 0 unspecified atom stereocenters. The van der Waals surface area contributed by atoms with E-state index < -0.39 is 0 Å². The Bertz CT molecular complexity index is 847. The summed E-state index contributed by atoms with van der Waals surface area (Å²) in [4.78, 5) is 8.58. The minimum absolute atomic E-state index is 0.483. The number of aryl methyl sites for hydroxylation is 1. The molecule has 0 aliphatic heterocycles. The van der Waals surface area contributed by atoms with Crippen LogP contribution in [0.25, 0.3) is 11.0 Å². The summed E-state index contributed by atoms with van der Waals surface area (Å²) >= 11 is 0. The van der Waals surface area contributed by atoms with Crippen molar-refractivity contribution in [2.75, 3.05) is 5.32 Å². The number of hydrogen-bond donors (Lipinski definition) is 2. The maximum absolute atomic E-state index is 4.39. The highest BCUT2D eigenvalue weighted by Crippen LogP contribution is 2.28. The molecule has 134 valence electrons. The van der Waals surface area contributed by atoms with Gasteiger partial charge in [0.2, 0.25) is 0 Å². The normalized spacial score (nSPS) is 20.6. The Morgan fingerprint density at radius 3 is 2.77 bits per heavy atom. The third-order valence-corrected chi connectivity index (χ3v) is 5.21. The summed E-state index contributed by atoms with van der Waals surface area (Å²) in [5.41, 5.74) is 2.21. The first-order valence-corrected chi connectivity index (χ1v) is 9.49. The van der Waals surface area contributed by atoms with Crippen molar-refractivity contribution in [2.45, 2.75) is 44.6 Å². The zero-order chi connectivity index (χ0) is 17.6. The smallest absolute Gasteiger partial charge is 0.160 e. The van der Waals surface area contributed by atoms with Gasteiger partial charge in [-0.25, -0.2) is 9.97 Å². The van der Waals surface area contributed by atoms with Gasteiger partial charge in [-0.2, -0.15) is 5.10 Å². The quantitative estimate of drug-likeness (QED) is 0.644. The van der Waals surface area contributed by atoms with Crippen molar-refractivity contribution >= 4 is 16.9 Å². The number of rotatable bonds is 6. The van der Waals surface area contributed by atoms with Gasteiger partial charge < -0.3 is 5.32 Å². The predicted octanol–water partition coefficient (Wildman–Crippen LogP) is 4.51. The van der Waals surface area contributed by atoms with Crippen LogP contribution >= 0.6 is 0 Å². The van der Waals surface area contributed by atoms with Crippen LogP contribution in [0.2, 0.25) is 0 Å². The Morgan fingerprint density at radius 2 is 1.92 bits per heavy atom. The lowest BCUT2D eigenvalue weighted by molar-refractivity contribution is 0.390. The topological polar surface area (TPSA) is 66.5 Å². The lowest BCUT2D eigenvalue weighted by Crippen LogP contribution is -2.26. The standard InChI is InChI=1S/C21H25N5/c1-2-6-16(7-3-1)8-4-5-9-17-10-12-18(13-11-17)25-20-19-14-24-26-21(19)23-15-22-20/h1-3,5-7,9,14-15,17-18H,4,8,10-13H2,(H2,22,23,24,25,26)/t17-,18-. The molecule has 1 aliphatic carbocycles. The number of fused-ring (bicyclic) bond motifs is 1. The second-order valence-electron chi connectivity index (χ2n) is 7.06. The molecule has 0 bridgehead atoms. The van der Waals surface area contributed by atoms with Gasteiger partial charge in [0.25, 0.3) is 0 Å². The maximum atomic E-state index is 4.39. The Balaban J connectivity index is 1.24. The fourth-order valence-corrected chi connectivity index (χ4v) is 3.71. The van der Waals surface area contributed by atoms with Crippen LogP contribution in [0.15, 0.2) is 55.0 Å². The fraction of sp³-hybridized carbons (Fsp3) is 0.381. The van der Waals surface area contributed by atoms with Crippen LogP contribution in [0, 0.1) is 5.92 Å². The first kappa shape index (κ1) is 16.8. The van der Waals surface area contributed by atoms with Gasteiger partial charge in [-0.15, -0.1) is 0 Å². The number of H-pyrrole nitrogens is 1. The number of anilines is 1. The number of nitrogens with one attached hydrogen (secondary N) is 2. The molecule has 26 heavy (non-hydrogen) atoms. The van der Waals surface area contributed by atoms with Crippen molar-refractivity contribution in [2.24, 2.45) is 5.92 Å². The van der Waals surface area contributed by atoms with E-state index in [-0.39, 0.29) is 0 Å². The summed E-state index contributed by atoms with van der Waals surface area (Å²) in [6.45, 7) is 0. The molecule has 3 aromatic rings. The molecular formula is C21H25N5. The van der Waals surface area contributed by atoms with E-state index >= 15 is 0 Å². The Hall–Kier alpha value is -2.69. The summed E-state index contributed by atoms with van der Waals surface area (Å²) in [5.74, 6) is 1.61. The second-order valence-corrected chi connectivity index (χ2v) is 7.06. The van der Waals surface area contributed by atoms with Gasteiger partial charge in [0.15, 0.2) is 5.65 Å². The van der Waals surface area contributed by atoms with Crippen LogP contribution in [0.4, 0.5) is 5.82 Å². The molecular weight excluding hydrogens is 322 g/mol. The van der Waals surface area contributed by atoms with E-state index in [1.165, 1.54) is 31.2 Å². The van der Waals surface area contributed by atoms with Crippen molar-refractivity contribution in [3.05, 3.63) is 60.6 Å². The van der Waals surface area contributed by atoms with Gasteiger partial charge in [0.1, 0.15) is 12.1 Å². The van der Waals surface area contributed by atoms with Crippen molar-refractivity contribution in [1.82, 2.24) is 20.2 Å². The van der Waals surface area contributed by atoms with E-state index in [2.05, 4.69) is 68.0 Å². The number of aromatic nitrogens is 4. The van der Waals surface area contributed by atoms with Crippen molar-refractivity contribution < 1.29 is 0 Å². The van der Waals surface area contributed by atoms with E-state index in [0.717, 1.165) is 29.7 Å². The predicted molar refractivity (Wildman–Crippen MR) is 105 cm³/mol. The number of hydrogen-bond acceptors (Lipinski definition) is 4. The molecule has 4 rings (SSSR count). The second kappa shape index (κ2) is 8.13. The van der Waals surface area contributed by atoms with Crippen LogP contribution in [0.1, 0.15) is 37.7 Å². The molecule has 1 aliphatic rings. The molecule has 5 heteroatoms.